The molecule has 0 amide bonds. The maximum Gasteiger partial charge on any atom is 0.335 e. The fraction of sp³-hybridized carbons (Fsp3) is 0.133. The number of carboxylic acid groups (broad SMARTS) is 1. The van der Waals surface area contributed by atoms with Gasteiger partial charge in [-0.3, -0.25) is 0 Å². The molecule has 0 heterocycles. The molecule has 0 aromatic heterocycles. The van der Waals surface area contributed by atoms with Crippen LogP contribution in [0.2, 0.25) is 0 Å². The van der Waals surface area contributed by atoms with E-state index in [1.807, 2.05) is 19.1 Å². The van der Waals surface area contributed by atoms with Gasteiger partial charge in [0.1, 0.15) is 5.75 Å². The third-order valence-corrected chi connectivity index (χ3v) is 3.83. The molecule has 19 heavy (non-hydrogen) atoms. The van der Waals surface area contributed by atoms with E-state index in [9.17, 15) is 9.90 Å². The first-order valence-electron chi connectivity index (χ1n) is 5.93. The van der Waals surface area contributed by atoms with Crippen LogP contribution >= 0.6 is 11.8 Å². The van der Waals surface area contributed by atoms with E-state index in [0.29, 0.717) is 0 Å². The van der Waals surface area contributed by atoms with Gasteiger partial charge < -0.3 is 10.2 Å². The Labute approximate surface area is 115 Å². The molecule has 3 nitrogen and oxygen atoms in total. The summed E-state index contributed by atoms with van der Waals surface area (Å²) in [5.41, 5.74) is 1.35. The number of aromatic hydroxyl groups is 1. The third-order valence-electron chi connectivity index (χ3n) is 2.76. The standard InChI is InChI=1S/C15H14O3S/c1-2-10-3-8-14(13(16)9-10)19-12-6-4-11(5-7-12)15(17)18/h3-9,16H,2H2,1H3,(H,17,18). The Bertz CT molecular complexity index is 591. The predicted molar refractivity (Wildman–Crippen MR) is 75.0 cm³/mol. The largest absolute Gasteiger partial charge is 0.507 e. The van der Waals surface area contributed by atoms with Crippen LogP contribution in [0.25, 0.3) is 0 Å². The smallest absolute Gasteiger partial charge is 0.335 e. The van der Waals surface area contributed by atoms with Crippen LogP contribution in [0.4, 0.5) is 0 Å². The van der Waals surface area contributed by atoms with Crippen molar-refractivity contribution in [2.24, 2.45) is 0 Å². The van der Waals surface area contributed by atoms with Crippen molar-refractivity contribution in [2.45, 2.75) is 23.1 Å². The van der Waals surface area contributed by atoms with Gasteiger partial charge in [-0.1, -0.05) is 24.8 Å². The first kappa shape index (κ1) is 13.5. The quantitative estimate of drug-likeness (QED) is 0.890. The number of rotatable bonds is 4. The van der Waals surface area contributed by atoms with E-state index in [1.165, 1.54) is 11.8 Å². The monoisotopic (exact) mass is 274 g/mol. The Morgan fingerprint density at radius 1 is 1.16 bits per heavy atom. The number of aromatic carboxylic acids is 1. The Kier molecular flexibility index (Phi) is 4.12. The van der Waals surface area contributed by atoms with E-state index in [0.717, 1.165) is 21.8 Å². The highest BCUT2D eigenvalue weighted by Gasteiger charge is 2.06. The van der Waals surface area contributed by atoms with Crippen molar-refractivity contribution in [3.63, 3.8) is 0 Å². The van der Waals surface area contributed by atoms with Crippen LogP contribution in [0.1, 0.15) is 22.8 Å². The molecular formula is C15H14O3S. The number of benzene rings is 2. The molecule has 0 aliphatic carbocycles. The number of aryl methyl sites for hydroxylation is 1. The van der Waals surface area contributed by atoms with Crippen molar-refractivity contribution in [2.75, 3.05) is 0 Å². The molecule has 0 bridgehead atoms. The Morgan fingerprint density at radius 3 is 2.37 bits per heavy atom. The molecule has 0 aliphatic rings. The number of carbonyl (C=O) groups is 1. The van der Waals surface area contributed by atoms with E-state index >= 15 is 0 Å². The van der Waals surface area contributed by atoms with Gasteiger partial charge >= 0.3 is 5.97 Å². The highest BCUT2D eigenvalue weighted by molar-refractivity contribution is 7.99. The Hall–Kier alpha value is -1.94. The average Bonchev–Trinajstić information content (AvgIpc) is 2.41. The summed E-state index contributed by atoms with van der Waals surface area (Å²) in [6.45, 7) is 2.03. The molecule has 4 heteroatoms. The van der Waals surface area contributed by atoms with E-state index in [1.54, 1.807) is 30.3 Å². The van der Waals surface area contributed by atoms with Gasteiger partial charge in [-0.25, -0.2) is 4.79 Å². The summed E-state index contributed by atoms with van der Waals surface area (Å²) < 4.78 is 0. The fourth-order valence-electron chi connectivity index (χ4n) is 1.66. The second-order valence-corrected chi connectivity index (χ2v) is 5.20. The lowest BCUT2D eigenvalue weighted by atomic mass is 10.2. The van der Waals surface area contributed by atoms with Crippen molar-refractivity contribution in [1.82, 2.24) is 0 Å². The summed E-state index contributed by atoms with van der Waals surface area (Å²) in [6, 6.07) is 12.2. The average molecular weight is 274 g/mol. The number of hydrogen-bond acceptors (Lipinski definition) is 3. The third kappa shape index (κ3) is 3.29. The molecule has 0 fully saturated rings. The first-order valence-corrected chi connectivity index (χ1v) is 6.75. The van der Waals surface area contributed by atoms with Crippen molar-refractivity contribution >= 4 is 17.7 Å². The highest BCUT2D eigenvalue weighted by Crippen LogP contribution is 2.34. The van der Waals surface area contributed by atoms with Crippen LogP contribution in [-0.2, 0) is 6.42 Å². The molecule has 0 unspecified atom stereocenters. The minimum Gasteiger partial charge on any atom is -0.507 e. The van der Waals surface area contributed by atoms with E-state index in [-0.39, 0.29) is 11.3 Å². The molecule has 0 spiro atoms. The number of phenols is 1. The summed E-state index contributed by atoms with van der Waals surface area (Å²) in [6.07, 6.45) is 0.881. The second kappa shape index (κ2) is 5.80. The summed E-state index contributed by atoms with van der Waals surface area (Å²) in [5.74, 6) is -0.682. The topological polar surface area (TPSA) is 57.5 Å². The van der Waals surface area contributed by atoms with Gasteiger partial charge in [0.15, 0.2) is 0 Å². The van der Waals surface area contributed by atoms with Gasteiger partial charge in [0, 0.05) is 4.90 Å². The molecular weight excluding hydrogens is 260 g/mol. The van der Waals surface area contributed by atoms with Crippen molar-refractivity contribution in [3.05, 3.63) is 53.6 Å². The zero-order chi connectivity index (χ0) is 13.8. The van der Waals surface area contributed by atoms with Gasteiger partial charge in [-0.15, -0.1) is 0 Å². The zero-order valence-electron chi connectivity index (χ0n) is 10.5. The number of phenolic OH excluding ortho intramolecular Hbond substituents is 1. The molecule has 2 rings (SSSR count). The SMILES string of the molecule is CCc1ccc(Sc2ccc(C(=O)O)cc2)c(O)c1. The van der Waals surface area contributed by atoms with Crippen molar-refractivity contribution in [3.8, 4) is 5.75 Å². The van der Waals surface area contributed by atoms with Gasteiger partial charge in [-0.05, 0) is 48.4 Å². The van der Waals surface area contributed by atoms with Crippen LogP contribution in [0.3, 0.4) is 0 Å². The normalized spacial score (nSPS) is 10.4. The maximum atomic E-state index is 10.7. The van der Waals surface area contributed by atoms with Crippen LogP contribution in [-0.4, -0.2) is 16.2 Å². The molecule has 2 N–H and O–H groups in total. The van der Waals surface area contributed by atoms with Gasteiger partial charge in [0.2, 0.25) is 0 Å². The van der Waals surface area contributed by atoms with E-state index in [4.69, 9.17) is 5.11 Å². The lowest BCUT2D eigenvalue weighted by Gasteiger charge is -2.06. The van der Waals surface area contributed by atoms with Crippen LogP contribution in [0.15, 0.2) is 52.3 Å². The molecule has 0 atom stereocenters. The summed E-state index contributed by atoms with van der Waals surface area (Å²) in [7, 11) is 0. The lowest BCUT2D eigenvalue weighted by molar-refractivity contribution is 0.0697. The molecule has 0 saturated carbocycles. The minimum absolute atomic E-state index is 0.256. The molecule has 2 aromatic carbocycles. The minimum atomic E-state index is -0.938. The molecule has 0 aliphatic heterocycles. The fourth-order valence-corrected chi connectivity index (χ4v) is 2.49. The van der Waals surface area contributed by atoms with Gasteiger partial charge in [-0.2, -0.15) is 0 Å². The van der Waals surface area contributed by atoms with Crippen LogP contribution in [0, 0.1) is 0 Å². The Morgan fingerprint density at radius 2 is 1.84 bits per heavy atom. The van der Waals surface area contributed by atoms with Gasteiger partial charge in [0.25, 0.3) is 0 Å². The van der Waals surface area contributed by atoms with Crippen molar-refractivity contribution < 1.29 is 15.0 Å². The number of carboxylic acids is 1. The maximum absolute atomic E-state index is 10.7. The molecule has 0 radical (unpaired) electrons. The predicted octanol–water partition coefficient (Wildman–Crippen LogP) is 3.80. The van der Waals surface area contributed by atoms with E-state index < -0.39 is 5.97 Å². The number of hydrogen-bond donors (Lipinski definition) is 2. The summed E-state index contributed by atoms with van der Waals surface area (Å²) in [5, 5.41) is 18.7. The second-order valence-electron chi connectivity index (χ2n) is 4.09. The van der Waals surface area contributed by atoms with Crippen molar-refractivity contribution in [1.29, 1.82) is 0 Å². The molecule has 98 valence electrons. The zero-order valence-corrected chi connectivity index (χ0v) is 11.3. The van der Waals surface area contributed by atoms with Crippen LogP contribution in [0.5, 0.6) is 5.75 Å². The Balaban J connectivity index is 2.19. The van der Waals surface area contributed by atoms with E-state index in [2.05, 4.69) is 0 Å². The molecule has 0 saturated heterocycles. The lowest BCUT2D eigenvalue weighted by Crippen LogP contribution is -1.94. The molecule has 2 aromatic rings. The summed E-state index contributed by atoms with van der Waals surface area (Å²) >= 11 is 1.41. The first-order chi connectivity index (χ1) is 9.10. The highest BCUT2D eigenvalue weighted by atomic mass is 32.2. The summed E-state index contributed by atoms with van der Waals surface area (Å²) in [4.78, 5) is 12.4. The van der Waals surface area contributed by atoms with Crippen LogP contribution < -0.4 is 0 Å². The van der Waals surface area contributed by atoms with Gasteiger partial charge in [0.05, 0.1) is 10.5 Å².